The standard InChI is InChI=1S/C15H24N2O2S/c1-12-17-14(11-20-12)2-6-16-13-3-7-19-15(10-13)4-8-18-9-5-15/h11,13,16H,2-10H2,1H3. The third kappa shape index (κ3) is 3.58. The third-order valence-corrected chi connectivity index (χ3v) is 5.20. The van der Waals surface area contributed by atoms with Crippen LogP contribution in [0.3, 0.4) is 0 Å². The first-order chi connectivity index (χ1) is 9.76. The second-order valence-electron chi connectivity index (χ2n) is 5.90. The molecule has 4 nitrogen and oxygen atoms in total. The fourth-order valence-electron chi connectivity index (χ4n) is 3.22. The highest BCUT2D eigenvalue weighted by molar-refractivity contribution is 7.09. The minimum Gasteiger partial charge on any atom is -0.381 e. The van der Waals surface area contributed by atoms with Gasteiger partial charge in [0, 0.05) is 44.2 Å². The average Bonchev–Trinajstić information content (AvgIpc) is 2.86. The van der Waals surface area contributed by atoms with Crippen LogP contribution in [-0.2, 0) is 15.9 Å². The normalized spacial score (nSPS) is 25.9. The Morgan fingerprint density at radius 3 is 3.00 bits per heavy atom. The molecule has 1 atom stereocenters. The summed E-state index contributed by atoms with van der Waals surface area (Å²) in [6, 6.07) is 0.585. The van der Waals surface area contributed by atoms with Crippen LogP contribution in [0.15, 0.2) is 5.38 Å². The summed E-state index contributed by atoms with van der Waals surface area (Å²) in [6.45, 7) is 5.67. The highest BCUT2D eigenvalue weighted by Gasteiger charge is 2.38. The lowest BCUT2D eigenvalue weighted by atomic mass is 9.84. The summed E-state index contributed by atoms with van der Waals surface area (Å²) in [4.78, 5) is 4.51. The Morgan fingerprint density at radius 1 is 1.40 bits per heavy atom. The predicted octanol–water partition coefficient (Wildman–Crippen LogP) is 2.31. The molecule has 0 amide bonds. The van der Waals surface area contributed by atoms with Gasteiger partial charge in [0.05, 0.1) is 16.3 Å². The van der Waals surface area contributed by atoms with Crippen LogP contribution in [0.1, 0.15) is 36.4 Å². The largest absolute Gasteiger partial charge is 0.381 e. The van der Waals surface area contributed by atoms with Crippen LogP contribution in [0, 0.1) is 6.92 Å². The molecule has 3 rings (SSSR count). The topological polar surface area (TPSA) is 43.4 Å². The van der Waals surface area contributed by atoms with Crippen LogP contribution in [0.4, 0.5) is 0 Å². The van der Waals surface area contributed by atoms with Crippen molar-refractivity contribution >= 4 is 11.3 Å². The molecule has 0 saturated carbocycles. The maximum absolute atomic E-state index is 6.07. The average molecular weight is 296 g/mol. The lowest BCUT2D eigenvalue weighted by Gasteiger charge is -2.43. The van der Waals surface area contributed by atoms with Crippen LogP contribution >= 0.6 is 11.3 Å². The van der Waals surface area contributed by atoms with E-state index in [1.54, 1.807) is 11.3 Å². The van der Waals surface area contributed by atoms with E-state index in [9.17, 15) is 0 Å². The van der Waals surface area contributed by atoms with Crippen LogP contribution in [0.2, 0.25) is 0 Å². The van der Waals surface area contributed by atoms with Crippen LogP contribution < -0.4 is 5.32 Å². The zero-order valence-corrected chi connectivity index (χ0v) is 13.0. The van der Waals surface area contributed by atoms with E-state index in [-0.39, 0.29) is 5.60 Å². The molecule has 2 fully saturated rings. The molecule has 1 spiro atoms. The number of hydrogen-bond acceptors (Lipinski definition) is 5. The summed E-state index contributed by atoms with van der Waals surface area (Å²) in [6.07, 6.45) is 5.38. The molecule has 20 heavy (non-hydrogen) atoms. The Balaban J connectivity index is 1.45. The monoisotopic (exact) mass is 296 g/mol. The molecule has 1 aromatic heterocycles. The molecule has 0 aliphatic carbocycles. The number of thiazole rings is 1. The van der Waals surface area contributed by atoms with Gasteiger partial charge in [0.15, 0.2) is 0 Å². The Morgan fingerprint density at radius 2 is 2.25 bits per heavy atom. The number of rotatable bonds is 4. The van der Waals surface area contributed by atoms with Crippen LogP contribution in [0.5, 0.6) is 0 Å². The summed E-state index contributed by atoms with van der Waals surface area (Å²) in [5.74, 6) is 0. The van der Waals surface area contributed by atoms with Gasteiger partial charge in [0.1, 0.15) is 0 Å². The second kappa shape index (κ2) is 6.52. The number of aromatic nitrogens is 1. The van der Waals surface area contributed by atoms with Gasteiger partial charge in [-0.05, 0) is 32.6 Å². The van der Waals surface area contributed by atoms with Crippen molar-refractivity contribution in [3.63, 3.8) is 0 Å². The molecule has 0 bridgehead atoms. The van der Waals surface area contributed by atoms with E-state index in [4.69, 9.17) is 9.47 Å². The molecule has 1 aromatic rings. The molecule has 1 unspecified atom stereocenters. The first-order valence-corrected chi connectivity index (χ1v) is 8.50. The lowest BCUT2D eigenvalue weighted by molar-refractivity contribution is -0.140. The van der Waals surface area contributed by atoms with E-state index in [0.717, 1.165) is 63.5 Å². The maximum atomic E-state index is 6.07. The van der Waals surface area contributed by atoms with Gasteiger partial charge in [-0.3, -0.25) is 0 Å². The number of ether oxygens (including phenoxy) is 2. The summed E-state index contributed by atoms with van der Waals surface area (Å²) >= 11 is 1.74. The van der Waals surface area contributed by atoms with Crippen molar-refractivity contribution in [2.45, 2.75) is 50.7 Å². The van der Waals surface area contributed by atoms with E-state index in [1.807, 2.05) is 0 Å². The third-order valence-electron chi connectivity index (χ3n) is 4.38. The molecule has 1 N–H and O–H groups in total. The van der Waals surface area contributed by atoms with E-state index >= 15 is 0 Å². The predicted molar refractivity (Wildman–Crippen MR) is 80.3 cm³/mol. The summed E-state index contributed by atoms with van der Waals surface area (Å²) in [7, 11) is 0. The van der Waals surface area contributed by atoms with Crippen molar-refractivity contribution in [2.75, 3.05) is 26.4 Å². The van der Waals surface area contributed by atoms with Crippen molar-refractivity contribution in [1.82, 2.24) is 10.3 Å². The van der Waals surface area contributed by atoms with Crippen molar-refractivity contribution in [2.24, 2.45) is 0 Å². The summed E-state index contributed by atoms with van der Waals surface area (Å²) in [5, 5.41) is 7.02. The highest BCUT2D eigenvalue weighted by atomic mass is 32.1. The molecule has 2 saturated heterocycles. The van der Waals surface area contributed by atoms with Crippen molar-refractivity contribution in [3.8, 4) is 0 Å². The fraction of sp³-hybridized carbons (Fsp3) is 0.800. The zero-order chi connectivity index (χ0) is 13.8. The Kier molecular flexibility index (Phi) is 4.71. The second-order valence-corrected chi connectivity index (χ2v) is 6.96. The molecule has 2 aliphatic heterocycles. The number of aryl methyl sites for hydroxylation is 1. The Bertz CT molecular complexity index is 424. The lowest BCUT2D eigenvalue weighted by Crippen LogP contribution is -2.50. The minimum absolute atomic E-state index is 0.0887. The first kappa shape index (κ1) is 14.4. The molecule has 3 heterocycles. The van der Waals surface area contributed by atoms with Gasteiger partial charge in [-0.15, -0.1) is 11.3 Å². The van der Waals surface area contributed by atoms with E-state index in [1.165, 1.54) is 5.69 Å². The summed E-state index contributed by atoms with van der Waals surface area (Å²) in [5.41, 5.74) is 1.30. The smallest absolute Gasteiger partial charge is 0.0897 e. The van der Waals surface area contributed by atoms with E-state index < -0.39 is 0 Å². The molecular formula is C15H24N2O2S. The van der Waals surface area contributed by atoms with Gasteiger partial charge in [-0.2, -0.15) is 0 Å². The van der Waals surface area contributed by atoms with Gasteiger partial charge in [0.25, 0.3) is 0 Å². The molecule has 5 heteroatoms. The Hall–Kier alpha value is -0.490. The van der Waals surface area contributed by atoms with E-state index in [0.29, 0.717) is 6.04 Å². The summed E-state index contributed by atoms with van der Waals surface area (Å²) < 4.78 is 11.5. The minimum atomic E-state index is 0.0887. The Labute approximate surface area is 124 Å². The van der Waals surface area contributed by atoms with Gasteiger partial charge >= 0.3 is 0 Å². The van der Waals surface area contributed by atoms with Crippen LogP contribution in [0.25, 0.3) is 0 Å². The van der Waals surface area contributed by atoms with Gasteiger partial charge in [-0.1, -0.05) is 0 Å². The quantitative estimate of drug-likeness (QED) is 0.926. The van der Waals surface area contributed by atoms with Crippen LogP contribution in [-0.4, -0.2) is 43.0 Å². The van der Waals surface area contributed by atoms with Gasteiger partial charge in [-0.25, -0.2) is 4.98 Å². The van der Waals surface area contributed by atoms with Crippen molar-refractivity contribution in [3.05, 3.63) is 16.1 Å². The maximum Gasteiger partial charge on any atom is 0.0897 e. The SMILES string of the molecule is Cc1nc(CCNC2CCOC3(CCOCC3)C2)cs1. The van der Waals surface area contributed by atoms with E-state index in [2.05, 4.69) is 22.6 Å². The molecule has 2 aliphatic rings. The number of hydrogen-bond donors (Lipinski definition) is 1. The van der Waals surface area contributed by atoms with Crippen molar-refractivity contribution < 1.29 is 9.47 Å². The first-order valence-electron chi connectivity index (χ1n) is 7.62. The molecule has 112 valence electrons. The molecule has 0 aromatic carbocycles. The highest BCUT2D eigenvalue weighted by Crippen LogP contribution is 2.34. The number of nitrogens with zero attached hydrogens (tertiary/aromatic N) is 1. The van der Waals surface area contributed by atoms with Gasteiger partial charge < -0.3 is 14.8 Å². The number of nitrogens with one attached hydrogen (secondary N) is 1. The zero-order valence-electron chi connectivity index (χ0n) is 12.2. The molecule has 0 radical (unpaired) electrons. The fourth-order valence-corrected chi connectivity index (χ4v) is 3.87. The molecular weight excluding hydrogens is 272 g/mol. The van der Waals surface area contributed by atoms with Gasteiger partial charge in [0.2, 0.25) is 0 Å². The van der Waals surface area contributed by atoms with Crippen molar-refractivity contribution in [1.29, 1.82) is 0 Å².